The van der Waals surface area contributed by atoms with Gasteiger partial charge in [-0.25, -0.2) is 8.42 Å². The van der Waals surface area contributed by atoms with Gasteiger partial charge >= 0.3 is 0 Å². The smallest absolute Gasteiger partial charge is 0.271 e. The zero-order chi connectivity index (χ0) is 14.6. The van der Waals surface area contributed by atoms with Crippen LogP contribution >= 0.6 is 11.3 Å². The lowest BCUT2D eigenvalue weighted by Gasteiger charge is -2.08. The Morgan fingerprint density at radius 2 is 1.80 bits per heavy atom. The van der Waals surface area contributed by atoms with Crippen LogP contribution in [0.5, 0.6) is 0 Å². The first-order chi connectivity index (χ1) is 9.51. The second-order valence-electron chi connectivity index (χ2n) is 4.22. The largest absolute Gasteiger partial charge is 0.382 e. The summed E-state index contributed by atoms with van der Waals surface area (Å²) in [7, 11) is -3.49. The first-order valence-electron chi connectivity index (χ1n) is 6.05. The van der Waals surface area contributed by atoms with Crippen molar-refractivity contribution in [1.82, 2.24) is 0 Å². The first kappa shape index (κ1) is 14.6. The molecule has 1 aromatic heterocycles. The van der Waals surface area contributed by atoms with E-state index in [0.29, 0.717) is 16.4 Å². The van der Waals surface area contributed by atoms with Gasteiger partial charge in [0.1, 0.15) is 4.21 Å². The Morgan fingerprint density at radius 1 is 1.15 bits per heavy atom. The average molecular weight is 308 g/mol. The van der Waals surface area contributed by atoms with Crippen LogP contribution in [0.1, 0.15) is 4.88 Å². The van der Waals surface area contributed by atoms with Crippen LogP contribution < -0.4 is 10.0 Å². The summed E-state index contributed by atoms with van der Waals surface area (Å²) in [6.07, 6.45) is 1.76. The summed E-state index contributed by atoms with van der Waals surface area (Å²) in [6.45, 7) is 6.17. The number of nitrogens with one attached hydrogen (secondary N) is 2. The molecule has 0 saturated carbocycles. The van der Waals surface area contributed by atoms with E-state index in [4.69, 9.17) is 0 Å². The van der Waals surface area contributed by atoms with Crippen molar-refractivity contribution < 1.29 is 8.42 Å². The first-order valence-corrected chi connectivity index (χ1v) is 8.35. The number of hydrogen-bond acceptors (Lipinski definition) is 4. The molecule has 0 aliphatic carbocycles. The van der Waals surface area contributed by atoms with Gasteiger partial charge < -0.3 is 5.32 Å². The molecule has 1 heterocycles. The SMILES string of the molecule is C=CCNc1ccc(NS(=O)(=O)c2ccc(C)s2)cc1. The molecule has 0 aliphatic rings. The molecule has 0 unspecified atom stereocenters. The van der Waals surface area contributed by atoms with Gasteiger partial charge in [-0.3, -0.25) is 4.72 Å². The van der Waals surface area contributed by atoms with Crippen LogP contribution in [0.2, 0.25) is 0 Å². The van der Waals surface area contributed by atoms with Crippen molar-refractivity contribution in [3.8, 4) is 0 Å². The summed E-state index contributed by atoms with van der Waals surface area (Å²) < 4.78 is 27.2. The Balaban J connectivity index is 2.11. The summed E-state index contributed by atoms with van der Waals surface area (Å²) in [5.41, 5.74) is 1.46. The van der Waals surface area contributed by atoms with Crippen molar-refractivity contribution in [2.24, 2.45) is 0 Å². The van der Waals surface area contributed by atoms with E-state index < -0.39 is 10.0 Å². The average Bonchev–Trinajstić information content (AvgIpc) is 2.85. The summed E-state index contributed by atoms with van der Waals surface area (Å²) in [6, 6.07) is 10.5. The molecule has 0 saturated heterocycles. The second-order valence-corrected chi connectivity index (χ2v) is 7.41. The number of sulfonamides is 1. The normalized spacial score (nSPS) is 11.1. The number of hydrogen-bond donors (Lipinski definition) is 2. The lowest BCUT2D eigenvalue weighted by molar-refractivity contribution is 0.603. The van der Waals surface area contributed by atoms with Crippen molar-refractivity contribution in [3.63, 3.8) is 0 Å². The molecule has 2 aromatic rings. The fraction of sp³-hybridized carbons (Fsp3) is 0.143. The van der Waals surface area contributed by atoms with Crippen LogP contribution in [0.15, 0.2) is 53.3 Å². The van der Waals surface area contributed by atoms with Gasteiger partial charge in [0.05, 0.1) is 0 Å². The molecule has 4 nitrogen and oxygen atoms in total. The van der Waals surface area contributed by atoms with Gasteiger partial charge in [0.25, 0.3) is 10.0 Å². The fourth-order valence-electron chi connectivity index (χ4n) is 1.61. The number of aryl methyl sites for hydroxylation is 1. The minimum absolute atomic E-state index is 0.323. The zero-order valence-corrected chi connectivity index (χ0v) is 12.7. The number of thiophene rings is 1. The second kappa shape index (κ2) is 6.11. The van der Waals surface area contributed by atoms with E-state index in [0.717, 1.165) is 10.6 Å². The van der Waals surface area contributed by atoms with E-state index in [2.05, 4.69) is 16.6 Å². The van der Waals surface area contributed by atoms with Crippen LogP contribution in [0, 0.1) is 6.92 Å². The fourth-order valence-corrected chi connectivity index (χ4v) is 3.95. The van der Waals surface area contributed by atoms with Crippen molar-refractivity contribution in [1.29, 1.82) is 0 Å². The molecular weight excluding hydrogens is 292 g/mol. The molecular formula is C14H16N2O2S2. The molecule has 2 rings (SSSR count). The number of anilines is 2. The van der Waals surface area contributed by atoms with E-state index >= 15 is 0 Å². The van der Waals surface area contributed by atoms with E-state index in [9.17, 15) is 8.42 Å². The molecule has 0 atom stereocenters. The summed E-state index contributed by atoms with van der Waals surface area (Å²) in [5, 5.41) is 3.13. The van der Waals surface area contributed by atoms with Gasteiger partial charge in [-0.2, -0.15) is 0 Å². The minimum Gasteiger partial charge on any atom is -0.382 e. The summed E-state index contributed by atoms with van der Waals surface area (Å²) >= 11 is 1.25. The molecule has 1 aromatic carbocycles. The molecule has 0 bridgehead atoms. The molecule has 0 spiro atoms. The number of benzene rings is 1. The quantitative estimate of drug-likeness (QED) is 0.804. The van der Waals surface area contributed by atoms with Crippen LogP contribution in [0.25, 0.3) is 0 Å². The van der Waals surface area contributed by atoms with Crippen LogP contribution in [0.4, 0.5) is 11.4 Å². The standard InChI is InChI=1S/C14H16N2O2S2/c1-3-10-15-12-5-7-13(8-6-12)16-20(17,18)14-9-4-11(2)19-14/h3-9,15-16H,1,10H2,2H3. The van der Waals surface area contributed by atoms with Crippen molar-refractivity contribution in [2.75, 3.05) is 16.6 Å². The Bertz CT molecular complexity index is 688. The third kappa shape index (κ3) is 3.61. The van der Waals surface area contributed by atoms with Crippen LogP contribution in [-0.2, 0) is 10.0 Å². The highest BCUT2D eigenvalue weighted by Crippen LogP contribution is 2.24. The Kier molecular flexibility index (Phi) is 4.46. The van der Waals surface area contributed by atoms with E-state index in [1.807, 2.05) is 19.1 Å². The monoisotopic (exact) mass is 308 g/mol. The molecule has 6 heteroatoms. The lowest BCUT2D eigenvalue weighted by Crippen LogP contribution is -2.11. The van der Waals surface area contributed by atoms with E-state index in [1.165, 1.54) is 11.3 Å². The summed E-state index contributed by atoms with van der Waals surface area (Å²) in [4.78, 5) is 0.967. The molecule has 0 radical (unpaired) electrons. The maximum atomic E-state index is 12.1. The molecule has 2 N–H and O–H groups in total. The third-order valence-electron chi connectivity index (χ3n) is 2.57. The highest BCUT2D eigenvalue weighted by molar-refractivity contribution is 7.94. The van der Waals surface area contributed by atoms with Crippen molar-refractivity contribution >= 4 is 32.7 Å². The minimum atomic E-state index is -3.49. The van der Waals surface area contributed by atoms with Gasteiger partial charge in [0, 0.05) is 22.8 Å². The molecule has 0 amide bonds. The predicted octanol–water partition coefficient (Wildman–Crippen LogP) is 3.46. The summed E-state index contributed by atoms with van der Waals surface area (Å²) in [5.74, 6) is 0. The molecule has 106 valence electrons. The Labute approximate surface area is 123 Å². The maximum Gasteiger partial charge on any atom is 0.271 e. The maximum absolute atomic E-state index is 12.1. The van der Waals surface area contributed by atoms with Crippen molar-refractivity contribution in [2.45, 2.75) is 11.1 Å². The van der Waals surface area contributed by atoms with Crippen LogP contribution in [-0.4, -0.2) is 15.0 Å². The predicted molar refractivity (Wildman–Crippen MR) is 85.0 cm³/mol. The van der Waals surface area contributed by atoms with Gasteiger partial charge in [-0.05, 0) is 43.3 Å². The molecule has 0 aliphatic heterocycles. The van der Waals surface area contributed by atoms with Crippen LogP contribution in [0.3, 0.4) is 0 Å². The van der Waals surface area contributed by atoms with Gasteiger partial charge in [-0.1, -0.05) is 6.08 Å². The zero-order valence-electron chi connectivity index (χ0n) is 11.1. The highest BCUT2D eigenvalue weighted by atomic mass is 32.2. The third-order valence-corrected chi connectivity index (χ3v) is 5.44. The lowest BCUT2D eigenvalue weighted by atomic mass is 10.3. The molecule has 20 heavy (non-hydrogen) atoms. The molecule has 0 fully saturated rings. The van der Waals surface area contributed by atoms with E-state index in [-0.39, 0.29) is 0 Å². The van der Waals surface area contributed by atoms with E-state index in [1.54, 1.807) is 30.3 Å². The van der Waals surface area contributed by atoms with Gasteiger partial charge in [0.2, 0.25) is 0 Å². The Hall–Kier alpha value is -1.79. The van der Waals surface area contributed by atoms with Gasteiger partial charge in [-0.15, -0.1) is 17.9 Å². The van der Waals surface area contributed by atoms with Crippen molar-refractivity contribution in [3.05, 3.63) is 53.9 Å². The number of rotatable bonds is 6. The highest BCUT2D eigenvalue weighted by Gasteiger charge is 2.15. The topological polar surface area (TPSA) is 58.2 Å². The Morgan fingerprint density at radius 3 is 2.35 bits per heavy atom. The van der Waals surface area contributed by atoms with Gasteiger partial charge in [0.15, 0.2) is 0 Å².